The Labute approximate surface area is 186 Å². The summed E-state index contributed by atoms with van der Waals surface area (Å²) in [5.41, 5.74) is 4.77. The number of carbonyl (C=O) groups is 3. The normalized spacial score (nSPS) is 14.6. The van der Waals surface area contributed by atoms with E-state index in [1.54, 1.807) is 24.3 Å². The summed E-state index contributed by atoms with van der Waals surface area (Å²) >= 11 is 0. The maximum Gasteiger partial charge on any atom is 0.268 e. The number of hydrogen-bond acceptors (Lipinski definition) is 6. The molecule has 172 valence electrons. The second-order valence-corrected chi connectivity index (χ2v) is 7.52. The maximum absolute atomic E-state index is 12.6. The molecule has 0 unspecified atom stereocenters. The number of aryl methyl sites for hydroxylation is 1. The summed E-state index contributed by atoms with van der Waals surface area (Å²) in [6.07, 6.45) is -1.67. The Bertz CT molecular complexity index is 926. The highest BCUT2D eigenvalue weighted by molar-refractivity contribution is 5.99. The van der Waals surface area contributed by atoms with Crippen LogP contribution < -0.4 is 16.1 Å². The van der Waals surface area contributed by atoms with Crippen LogP contribution in [0.15, 0.2) is 48.5 Å². The van der Waals surface area contributed by atoms with E-state index in [0.717, 1.165) is 17.5 Å². The SMILES string of the molecule is CCc1ccc(-c2ccc(C(=O)N[C@H](C(=O)N[C@H](C(=O)NO)[C@@H](C)O)[C@@H](C)O)cc2)cc1. The van der Waals surface area contributed by atoms with Gasteiger partial charge in [0.2, 0.25) is 5.91 Å². The van der Waals surface area contributed by atoms with E-state index in [1.165, 1.54) is 24.9 Å². The first kappa shape index (κ1) is 25.0. The van der Waals surface area contributed by atoms with Gasteiger partial charge in [0.1, 0.15) is 12.1 Å². The van der Waals surface area contributed by atoms with Gasteiger partial charge in [-0.15, -0.1) is 0 Å². The largest absolute Gasteiger partial charge is 0.391 e. The number of rotatable bonds is 9. The van der Waals surface area contributed by atoms with Crippen LogP contribution in [0.5, 0.6) is 0 Å². The van der Waals surface area contributed by atoms with Crippen LogP contribution in [0.25, 0.3) is 11.1 Å². The summed E-state index contributed by atoms with van der Waals surface area (Å²) in [4.78, 5) is 36.8. The van der Waals surface area contributed by atoms with Crippen LogP contribution in [0.2, 0.25) is 0 Å². The number of hydrogen-bond donors (Lipinski definition) is 6. The number of benzene rings is 2. The van der Waals surface area contributed by atoms with Crippen LogP contribution in [0.1, 0.15) is 36.7 Å². The van der Waals surface area contributed by atoms with E-state index in [0.29, 0.717) is 0 Å². The molecule has 9 heteroatoms. The molecule has 0 saturated heterocycles. The van der Waals surface area contributed by atoms with Crippen molar-refractivity contribution in [3.63, 3.8) is 0 Å². The van der Waals surface area contributed by atoms with Gasteiger partial charge in [-0.2, -0.15) is 0 Å². The van der Waals surface area contributed by atoms with E-state index in [2.05, 4.69) is 17.6 Å². The topological polar surface area (TPSA) is 148 Å². The zero-order valence-electron chi connectivity index (χ0n) is 18.2. The van der Waals surface area contributed by atoms with Gasteiger partial charge in [-0.3, -0.25) is 19.6 Å². The van der Waals surface area contributed by atoms with Gasteiger partial charge in [0, 0.05) is 5.56 Å². The van der Waals surface area contributed by atoms with Gasteiger partial charge in [0.05, 0.1) is 12.2 Å². The predicted molar refractivity (Wildman–Crippen MR) is 118 cm³/mol. The van der Waals surface area contributed by atoms with Gasteiger partial charge in [0.25, 0.3) is 11.8 Å². The zero-order valence-corrected chi connectivity index (χ0v) is 18.2. The molecule has 0 aliphatic carbocycles. The Kier molecular flexibility index (Phi) is 8.89. The molecule has 9 nitrogen and oxygen atoms in total. The van der Waals surface area contributed by atoms with E-state index in [1.807, 2.05) is 24.3 Å². The van der Waals surface area contributed by atoms with Crippen LogP contribution in [0, 0.1) is 0 Å². The molecule has 0 aliphatic heterocycles. The van der Waals surface area contributed by atoms with E-state index < -0.39 is 42.0 Å². The molecule has 2 aromatic carbocycles. The molecule has 0 spiro atoms. The molecule has 4 atom stereocenters. The average molecular weight is 444 g/mol. The monoisotopic (exact) mass is 443 g/mol. The van der Waals surface area contributed by atoms with Crippen LogP contribution in [0.4, 0.5) is 0 Å². The van der Waals surface area contributed by atoms with E-state index in [-0.39, 0.29) is 5.56 Å². The van der Waals surface area contributed by atoms with Crippen LogP contribution in [0.3, 0.4) is 0 Å². The molecule has 2 rings (SSSR count). The summed E-state index contributed by atoms with van der Waals surface area (Å²) in [7, 11) is 0. The standard InChI is InChI=1S/C23H29N3O6/c1-4-15-5-7-16(8-6-15)17-9-11-18(12-10-17)21(29)24-19(13(2)27)22(30)25-20(14(3)28)23(31)26-32/h5-14,19-20,27-28,32H,4H2,1-3H3,(H,24,29)(H,25,30)(H,26,31)/t13-,14-,19+,20+/m1/s1. The Balaban J connectivity index is 2.11. The molecule has 0 saturated carbocycles. The first-order valence-corrected chi connectivity index (χ1v) is 10.3. The van der Waals surface area contributed by atoms with Crippen LogP contribution in [-0.2, 0) is 16.0 Å². The minimum absolute atomic E-state index is 0.276. The third kappa shape index (κ3) is 6.36. The Hall–Kier alpha value is -3.27. The minimum atomic E-state index is -1.47. The van der Waals surface area contributed by atoms with Crippen molar-refractivity contribution in [1.29, 1.82) is 0 Å². The van der Waals surface area contributed by atoms with Crippen molar-refractivity contribution in [3.8, 4) is 11.1 Å². The molecule has 0 bridgehead atoms. The van der Waals surface area contributed by atoms with Crippen LogP contribution >= 0.6 is 0 Å². The molecule has 2 aromatic rings. The molecule has 3 amide bonds. The molecule has 0 aromatic heterocycles. The van der Waals surface area contributed by atoms with Crippen molar-refractivity contribution < 1.29 is 29.8 Å². The highest BCUT2D eigenvalue weighted by atomic mass is 16.5. The Morgan fingerprint density at radius 3 is 1.69 bits per heavy atom. The van der Waals surface area contributed by atoms with Crippen molar-refractivity contribution in [2.45, 2.75) is 51.5 Å². The zero-order chi connectivity index (χ0) is 23.8. The fourth-order valence-electron chi connectivity index (χ4n) is 3.09. The average Bonchev–Trinajstić information content (AvgIpc) is 2.79. The van der Waals surface area contributed by atoms with Gasteiger partial charge in [0.15, 0.2) is 0 Å². The second kappa shape index (κ2) is 11.4. The number of carbonyl (C=O) groups excluding carboxylic acids is 3. The fourth-order valence-corrected chi connectivity index (χ4v) is 3.09. The van der Waals surface area contributed by atoms with E-state index in [9.17, 15) is 24.6 Å². The summed E-state index contributed by atoms with van der Waals surface area (Å²) in [6.45, 7) is 4.62. The lowest BCUT2D eigenvalue weighted by molar-refractivity contribution is -0.138. The summed E-state index contributed by atoms with van der Waals surface area (Å²) < 4.78 is 0. The number of aliphatic hydroxyl groups excluding tert-OH is 2. The third-order valence-electron chi connectivity index (χ3n) is 5.07. The van der Waals surface area contributed by atoms with Crippen molar-refractivity contribution >= 4 is 17.7 Å². The minimum Gasteiger partial charge on any atom is -0.391 e. The van der Waals surface area contributed by atoms with Gasteiger partial charge in [-0.05, 0) is 49.1 Å². The molecular formula is C23H29N3O6. The molecule has 0 heterocycles. The van der Waals surface area contributed by atoms with Crippen molar-refractivity contribution in [2.24, 2.45) is 0 Å². The van der Waals surface area contributed by atoms with E-state index >= 15 is 0 Å². The quantitative estimate of drug-likeness (QED) is 0.249. The highest BCUT2D eigenvalue weighted by Gasteiger charge is 2.32. The molecular weight excluding hydrogens is 414 g/mol. The lowest BCUT2D eigenvalue weighted by atomic mass is 10.0. The van der Waals surface area contributed by atoms with Gasteiger partial charge < -0.3 is 20.8 Å². The van der Waals surface area contributed by atoms with Gasteiger partial charge in [-0.1, -0.05) is 43.3 Å². The number of amides is 3. The van der Waals surface area contributed by atoms with Gasteiger partial charge in [-0.25, -0.2) is 5.48 Å². The first-order valence-electron chi connectivity index (χ1n) is 10.3. The molecule has 32 heavy (non-hydrogen) atoms. The van der Waals surface area contributed by atoms with Crippen LogP contribution in [-0.4, -0.2) is 57.4 Å². The second-order valence-electron chi connectivity index (χ2n) is 7.52. The number of hydroxylamine groups is 1. The maximum atomic E-state index is 12.6. The molecule has 0 aliphatic rings. The number of aliphatic hydroxyl groups is 2. The van der Waals surface area contributed by atoms with E-state index in [4.69, 9.17) is 5.21 Å². The fraction of sp³-hybridized carbons (Fsp3) is 0.348. The van der Waals surface area contributed by atoms with Gasteiger partial charge >= 0.3 is 0 Å². The van der Waals surface area contributed by atoms with Crippen molar-refractivity contribution in [2.75, 3.05) is 0 Å². The summed E-state index contributed by atoms with van der Waals surface area (Å²) in [5, 5.41) is 33.0. The molecule has 0 radical (unpaired) electrons. The molecule has 6 N–H and O–H groups in total. The summed E-state index contributed by atoms with van der Waals surface area (Å²) in [5.74, 6) is -2.53. The summed E-state index contributed by atoms with van der Waals surface area (Å²) in [6, 6.07) is 12.0. The molecule has 0 fully saturated rings. The smallest absolute Gasteiger partial charge is 0.268 e. The third-order valence-corrected chi connectivity index (χ3v) is 5.07. The lowest BCUT2D eigenvalue weighted by Crippen LogP contribution is -2.59. The number of nitrogens with one attached hydrogen (secondary N) is 3. The Morgan fingerprint density at radius 2 is 1.25 bits per heavy atom. The highest BCUT2D eigenvalue weighted by Crippen LogP contribution is 2.20. The predicted octanol–water partition coefficient (Wildman–Crippen LogP) is 0.766. The Morgan fingerprint density at radius 1 is 0.781 bits per heavy atom. The van der Waals surface area contributed by atoms with Crippen molar-refractivity contribution in [3.05, 3.63) is 59.7 Å². The van der Waals surface area contributed by atoms with Crippen molar-refractivity contribution in [1.82, 2.24) is 16.1 Å². The lowest BCUT2D eigenvalue weighted by Gasteiger charge is -2.25. The first-order chi connectivity index (χ1) is 15.2.